The van der Waals surface area contributed by atoms with Crippen molar-refractivity contribution in [3.8, 4) is 5.75 Å². The number of piperidine rings is 1. The maximum atomic E-state index is 12.9. The highest BCUT2D eigenvalue weighted by Crippen LogP contribution is 2.31. The molecule has 0 radical (unpaired) electrons. The van der Waals surface area contributed by atoms with E-state index in [1.807, 2.05) is 6.07 Å². The summed E-state index contributed by atoms with van der Waals surface area (Å²) in [6.07, 6.45) is 8.33. The lowest BCUT2D eigenvalue weighted by atomic mass is 9.95. The van der Waals surface area contributed by atoms with Gasteiger partial charge in [0.2, 0.25) is 10.0 Å². The first kappa shape index (κ1) is 19.2. The molecule has 3 aliphatic rings. The number of benzene rings is 1. The SMILES string of the molecule is O=S(=O)(C1CC1)N1CCCOc2cccc(c2)CCC2CCCCN2CC1. The Hall–Kier alpha value is -1.11. The Morgan fingerprint density at radius 3 is 2.67 bits per heavy atom. The summed E-state index contributed by atoms with van der Waals surface area (Å²) in [6.45, 7) is 3.72. The molecule has 2 aliphatic heterocycles. The number of hydrogen-bond donors (Lipinski definition) is 0. The van der Waals surface area contributed by atoms with Gasteiger partial charge in [0.15, 0.2) is 0 Å². The van der Waals surface area contributed by atoms with Crippen LogP contribution in [0.2, 0.25) is 0 Å². The van der Waals surface area contributed by atoms with Crippen LogP contribution in [0.1, 0.15) is 50.5 Å². The van der Waals surface area contributed by atoms with E-state index in [2.05, 4.69) is 23.1 Å². The van der Waals surface area contributed by atoms with E-state index in [9.17, 15) is 8.42 Å². The molecule has 2 heterocycles. The molecule has 150 valence electrons. The van der Waals surface area contributed by atoms with Crippen LogP contribution in [0.4, 0.5) is 0 Å². The molecular formula is C21H32N2O3S. The standard InChI is InChI=1S/C21H32N2O3S/c24-27(25,21-10-11-21)23-13-4-16-26-20-7-3-5-18(17-20)8-9-19-6-1-2-12-22(19)14-15-23/h3,5,7,17,19,21H,1-2,4,6,8-16H2. The molecule has 1 aromatic carbocycles. The predicted molar refractivity (Wildman–Crippen MR) is 108 cm³/mol. The minimum atomic E-state index is -3.13. The second-order valence-electron chi connectivity index (χ2n) is 8.22. The lowest BCUT2D eigenvalue weighted by molar-refractivity contribution is 0.131. The molecule has 0 N–H and O–H groups in total. The number of nitrogens with zero attached hydrogens (tertiary/aromatic N) is 2. The van der Waals surface area contributed by atoms with Gasteiger partial charge in [-0.3, -0.25) is 4.90 Å². The molecule has 5 nitrogen and oxygen atoms in total. The van der Waals surface area contributed by atoms with Gasteiger partial charge in [-0.25, -0.2) is 12.7 Å². The number of fused-ring (bicyclic) bond motifs is 3. The Morgan fingerprint density at radius 1 is 0.926 bits per heavy atom. The van der Waals surface area contributed by atoms with Gasteiger partial charge in [-0.2, -0.15) is 0 Å². The fourth-order valence-corrected chi connectivity index (χ4v) is 6.29. The van der Waals surface area contributed by atoms with E-state index in [-0.39, 0.29) is 5.25 Å². The van der Waals surface area contributed by atoms with Crippen molar-refractivity contribution >= 4 is 10.0 Å². The van der Waals surface area contributed by atoms with Gasteiger partial charge in [-0.15, -0.1) is 0 Å². The molecule has 0 amide bonds. The van der Waals surface area contributed by atoms with Crippen molar-refractivity contribution in [3.63, 3.8) is 0 Å². The highest BCUT2D eigenvalue weighted by molar-refractivity contribution is 7.90. The summed E-state index contributed by atoms with van der Waals surface area (Å²) in [4.78, 5) is 2.55. The lowest BCUT2D eigenvalue weighted by Crippen LogP contribution is -2.46. The highest BCUT2D eigenvalue weighted by atomic mass is 32.2. The van der Waals surface area contributed by atoms with Crippen LogP contribution in [0.3, 0.4) is 0 Å². The van der Waals surface area contributed by atoms with Crippen molar-refractivity contribution in [2.75, 3.05) is 32.8 Å². The number of ether oxygens (including phenoxy) is 1. The smallest absolute Gasteiger partial charge is 0.217 e. The van der Waals surface area contributed by atoms with E-state index < -0.39 is 10.0 Å². The number of hydrogen-bond acceptors (Lipinski definition) is 4. The largest absolute Gasteiger partial charge is 0.494 e. The summed E-state index contributed by atoms with van der Waals surface area (Å²) in [5.41, 5.74) is 1.34. The molecule has 2 bridgehead atoms. The van der Waals surface area contributed by atoms with Crippen molar-refractivity contribution in [3.05, 3.63) is 29.8 Å². The predicted octanol–water partition coefficient (Wildman–Crippen LogP) is 3.05. The van der Waals surface area contributed by atoms with E-state index in [4.69, 9.17) is 4.74 Å². The molecule has 2 fully saturated rings. The van der Waals surface area contributed by atoms with Gasteiger partial charge in [0.05, 0.1) is 11.9 Å². The van der Waals surface area contributed by atoms with Crippen LogP contribution in [-0.4, -0.2) is 61.7 Å². The fraction of sp³-hybridized carbons (Fsp3) is 0.714. The Labute approximate surface area is 163 Å². The molecule has 1 saturated heterocycles. The molecule has 1 unspecified atom stereocenters. The van der Waals surface area contributed by atoms with Crippen LogP contribution in [0.15, 0.2) is 24.3 Å². The minimum Gasteiger partial charge on any atom is -0.494 e. The van der Waals surface area contributed by atoms with Gasteiger partial charge < -0.3 is 4.74 Å². The molecule has 1 aromatic rings. The van der Waals surface area contributed by atoms with Gasteiger partial charge in [-0.05, 0) is 69.2 Å². The first-order valence-electron chi connectivity index (χ1n) is 10.6. The summed E-state index contributed by atoms with van der Waals surface area (Å²) in [5, 5.41) is -0.133. The summed E-state index contributed by atoms with van der Waals surface area (Å²) in [6, 6.07) is 8.98. The second-order valence-corrected chi connectivity index (χ2v) is 10.4. The van der Waals surface area contributed by atoms with Gasteiger partial charge in [0.1, 0.15) is 5.75 Å². The Kier molecular flexibility index (Phi) is 6.05. The van der Waals surface area contributed by atoms with Gasteiger partial charge in [-0.1, -0.05) is 18.6 Å². The third-order valence-corrected chi connectivity index (χ3v) is 8.58. The van der Waals surface area contributed by atoms with Crippen LogP contribution >= 0.6 is 0 Å². The molecule has 1 atom stereocenters. The number of sulfonamides is 1. The topological polar surface area (TPSA) is 49.9 Å². The molecule has 6 heteroatoms. The van der Waals surface area contributed by atoms with E-state index in [0.717, 1.165) is 50.9 Å². The van der Waals surface area contributed by atoms with Crippen molar-refractivity contribution < 1.29 is 13.2 Å². The van der Waals surface area contributed by atoms with Gasteiger partial charge in [0.25, 0.3) is 0 Å². The molecule has 1 saturated carbocycles. The fourth-order valence-electron chi connectivity index (χ4n) is 4.42. The average Bonchev–Trinajstić information content (AvgIpc) is 3.52. The first-order valence-corrected chi connectivity index (χ1v) is 12.1. The molecule has 0 aromatic heterocycles. The Bertz CT molecular complexity index is 733. The third-order valence-electron chi connectivity index (χ3n) is 6.18. The Balaban J connectivity index is 1.52. The maximum Gasteiger partial charge on any atom is 0.217 e. The molecule has 0 spiro atoms. The van der Waals surface area contributed by atoms with Crippen LogP contribution in [0.25, 0.3) is 0 Å². The summed E-state index contributed by atoms with van der Waals surface area (Å²) in [5.74, 6) is 0.904. The molecule has 4 rings (SSSR count). The van der Waals surface area contributed by atoms with E-state index in [1.165, 1.54) is 24.8 Å². The zero-order valence-corrected chi connectivity index (χ0v) is 17.0. The Morgan fingerprint density at radius 2 is 1.81 bits per heavy atom. The first-order chi connectivity index (χ1) is 13.1. The number of aryl methyl sites for hydroxylation is 1. The number of rotatable bonds is 2. The van der Waals surface area contributed by atoms with Crippen LogP contribution in [-0.2, 0) is 16.4 Å². The van der Waals surface area contributed by atoms with E-state index in [0.29, 0.717) is 25.7 Å². The normalized spacial score (nSPS) is 26.6. The van der Waals surface area contributed by atoms with Crippen molar-refractivity contribution in [2.45, 2.75) is 62.7 Å². The third kappa shape index (κ3) is 4.84. The van der Waals surface area contributed by atoms with Gasteiger partial charge in [0, 0.05) is 25.7 Å². The molecule has 1 aliphatic carbocycles. The van der Waals surface area contributed by atoms with E-state index >= 15 is 0 Å². The van der Waals surface area contributed by atoms with Crippen LogP contribution in [0.5, 0.6) is 5.75 Å². The molecule has 27 heavy (non-hydrogen) atoms. The summed E-state index contributed by atoms with van der Waals surface area (Å²) >= 11 is 0. The zero-order chi connectivity index (χ0) is 18.7. The van der Waals surface area contributed by atoms with Crippen molar-refractivity contribution in [1.82, 2.24) is 9.21 Å². The molecular weight excluding hydrogens is 360 g/mol. The van der Waals surface area contributed by atoms with Crippen molar-refractivity contribution in [1.29, 1.82) is 0 Å². The van der Waals surface area contributed by atoms with Crippen LogP contribution in [0, 0.1) is 0 Å². The quantitative estimate of drug-likeness (QED) is 0.776. The van der Waals surface area contributed by atoms with Gasteiger partial charge >= 0.3 is 0 Å². The van der Waals surface area contributed by atoms with E-state index in [1.54, 1.807) is 4.31 Å². The lowest BCUT2D eigenvalue weighted by Gasteiger charge is -2.37. The monoisotopic (exact) mass is 392 g/mol. The van der Waals surface area contributed by atoms with Crippen molar-refractivity contribution in [2.24, 2.45) is 0 Å². The summed E-state index contributed by atoms with van der Waals surface area (Å²) in [7, 11) is -3.13. The van der Waals surface area contributed by atoms with Crippen LogP contribution < -0.4 is 4.74 Å². The minimum absolute atomic E-state index is 0.133. The highest BCUT2D eigenvalue weighted by Gasteiger charge is 2.40. The average molecular weight is 393 g/mol. The maximum absolute atomic E-state index is 12.9. The second kappa shape index (κ2) is 8.50. The zero-order valence-electron chi connectivity index (χ0n) is 16.2. The summed E-state index contributed by atoms with van der Waals surface area (Å²) < 4.78 is 33.4.